The molecule has 4 heteroatoms. The Balaban J connectivity index is 2.39. The summed E-state index contributed by atoms with van der Waals surface area (Å²) in [7, 11) is 0. The van der Waals surface area contributed by atoms with Crippen molar-refractivity contribution in [1.82, 2.24) is 4.98 Å². The summed E-state index contributed by atoms with van der Waals surface area (Å²) in [6.07, 6.45) is 0.998. The van der Waals surface area contributed by atoms with Crippen LogP contribution >= 0.6 is 11.3 Å². The number of aromatic nitrogens is 1. The maximum absolute atomic E-state index is 10.9. The van der Waals surface area contributed by atoms with Gasteiger partial charge >= 0.3 is 5.97 Å². The molecule has 0 spiro atoms. The fourth-order valence-electron chi connectivity index (χ4n) is 1.60. The van der Waals surface area contributed by atoms with Crippen LogP contribution in [-0.2, 0) is 6.42 Å². The van der Waals surface area contributed by atoms with E-state index in [-0.39, 0.29) is 5.69 Å². The number of thiazole rings is 1. The van der Waals surface area contributed by atoms with Crippen molar-refractivity contribution < 1.29 is 9.90 Å². The molecular formula is C13H13NO2S. The molecule has 1 aromatic carbocycles. The standard InChI is InChI=1S/C13H13NO2S/c1-3-9-4-6-10(7-5-9)12-14-11(13(15)16)8(2)17-12/h4-7H,3H2,1-2H3,(H,15,16). The lowest BCUT2D eigenvalue weighted by molar-refractivity contribution is 0.0690. The van der Waals surface area contributed by atoms with E-state index in [2.05, 4.69) is 11.9 Å². The Morgan fingerprint density at radius 1 is 1.35 bits per heavy atom. The minimum atomic E-state index is -0.963. The smallest absolute Gasteiger partial charge is 0.355 e. The lowest BCUT2D eigenvalue weighted by Crippen LogP contribution is -1.98. The van der Waals surface area contributed by atoms with Crippen molar-refractivity contribution in [3.05, 3.63) is 40.4 Å². The second-order valence-corrected chi connectivity index (χ2v) is 4.98. The highest BCUT2D eigenvalue weighted by Crippen LogP contribution is 2.27. The van der Waals surface area contributed by atoms with Crippen LogP contribution in [0.25, 0.3) is 10.6 Å². The second kappa shape index (κ2) is 4.67. The first-order valence-corrected chi connectivity index (χ1v) is 6.23. The minimum Gasteiger partial charge on any atom is -0.476 e. The molecule has 1 heterocycles. The first kappa shape index (κ1) is 11.8. The Morgan fingerprint density at radius 3 is 2.47 bits per heavy atom. The first-order chi connectivity index (χ1) is 8.11. The quantitative estimate of drug-likeness (QED) is 0.904. The molecule has 0 aliphatic rings. The van der Waals surface area contributed by atoms with Gasteiger partial charge in [-0.05, 0) is 18.9 Å². The summed E-state index contributed by atoms with van der Waals surface area (Å²) in [5.74, 6) is -0.963. The van der Waals surface area contributed by atoms with Gasteiger partial charge in [-0.3, -0.25) is 0 Å². The summed E-state index contributed by atoms with van der Waals surface area (Å²) in [6, 6.07) is 8.07. The minimum absolute atomic E-state index is 0.157. The lowest BCUT2D eigenvalue weighted by atomic mass is 10.1. The third-order valence-electron chi connectivity index (χ3n) is 2.61. The maximum Gasteiger partial charge on any atom is 0.355 e. The molecule has 0 radical (unpaired) electrons. The zero-order chi connectivity index (χ0) is 12.4. The predicted molar refractivity (Wildman–Crippen MR) is 68.6 cm³/mol. The highest BCUT2D eigenvalue weighted by atomic mass is 32.1. The lowest BCUT2D eigenvalue weighted by Gasteiger charge is -1.98. The summed E-state index contributed by atoms with van der Waals surface area (Å²) < 4.78 is 0. The molecule has 3 nitrogen and oxygen atoms in total. The molecule has 0 fully saturated rings. The van der Waals surface area contributed by atoms with E-state index in [4.69, 9.17) is 5.11 Å². The Labute approximate surface area is 104 Å². The normalized spacial score (nSPS) is 10.5. The van der Waals surface area contributed by atoms with Crippen LogP contribution in [0.5, 0.6) is 0 Å². The molecule has 17 heavy (non-hydrogen) atoms. The van der Waals surface area contributed by atoms with Crippen LogP contribution in [0.1, 0.15) is 27.9 Å². The SMILES string of the molecule is CCc1ccc(-c2nc(C(=O)O)c(C)s2)cc1. The van der Waals surface area contributed by atoms with Crippen molar-refractivity contribution in [2.45, 2.75) is 20.3 Å². The highest BCUT2D eigenvalue weighted by Gasteiger charge is 2.14. The number of hydrogen-bond donors (Lipinski definition) is 1. The molecule has 2 aromatic rings. The van der Waals surface area contributed by atoms with Crippen molar-refractivity contribution in [2.75, 3.05) is 0 Å². The van der Waals surface area contributed by atoms with Crippen LogP contribution in [0, 0.1) is 6.92 Å². The summed E-state index contributed by atoms with van der Waals surface area (Å²) in [4.78, 5) is 15.8. The number of benzene rings is 1. The Morgan fingerprint density at radius 2 is 2.00 bits per heavy atom. The zero-order valence-electron chi connectivity index (χ0n) is 9.73. The number of carbonyl (C=O) groups is 1. The third kappa shape index (κ3) is 2.36. The van der Waals surface area contributed by atoms with E-state index in [1.54, 1.807) is 6.92 Å². The number of rotatable bonds is 3. The van der Waals surface area contributed by atoms with Gasteiger partial charge in [0.25, 0.3) is 0 Å². The summed E-state index contributed by atoms with van der Waals surface area (Å²) in [5.41, 5.74) is 2.40. The third-order valence-corrected chi connectivity index (χ3v) is 3.63. The molecule has 0 saturated carbocycles. The van der Waals surface area contributed by atoms with Crippen LogP contribution in [0.3, 0.4) is 0 Å². The van der Waals surface area contributed by atoms with Crippen LogP contribution in [0.4, 0.5) is 0 Å². The summed E-state index contributed by atoms with van der Waals surface area (Å²) >= 11 is 1.42. The number of aromatic carboxylic acids is 1. The highest BCUT2D eigenvalue weighted by molar-refractivity contribution is 7.15. The number of aryl methyl sites for hydroxylation is 2. The van der Waals surface area contributed by atoms with E-state index in [1.165, 1.54) is 16.9 Å². The Bertz CT molecular complexity index is 543. The van der Waals surface area contributed by atoms with E-state index in [0.717, 1.165) is 21.9 Å². The van der Waals surface area contributed by atoms with Gasteiger partial charge in [-0.2, -0.15) is 0 Å². The fourth-order valence-corrected chi connectivity index (χ4v) is 2.51. The van der Waals surface area contributed by atoms with Crippen molar-refractivity contribution >= 4 is 17.3 Å². The van der Waals surface area contributed by atoms with E-state index >= 15 is 0 Å². The van der Waals surface area contributed by atoms with Gasteiger partial charge < -0.3 is 5.11 Å². The average molecular weight is 247 g/mol. The Hall–Kier alpha value is -1.68. The molecule has 0 aliphatic heterocycles. The van der Waals surface area contributed by atoms with Crippen LogP contribution in [0.15, 0.2) is 24.3 Å². The molecule has 0 amide bonds. The predicted octanol–water partition coefficient (Wildman–Crippen LogP) is 3.38. The second-order valence-electron chi connectivity index (χ2n) is 3.78. The Kier molecular flexibility index (Phi) is 3.24. The van der Waals surface area contributed by atoms with E-state index < -0.39 is 5.97 Å². The van der Waals surface area contributed by atoms with Crippen LogP contribution in [-0.4, -0.2) is 16.1 Å². The van der Waals surface area contributed by atoms with Gasteiger partial charge in [0.05, 0.1) is 0 Å². The topological polar surface area (TPSA) is 50.2 Å². The zero-order valence-corrected chi connectivity index (χ0v) is 10.5. The van der Waals surface area contributed by atoms with E-state index in [9.17, 15) is 4.79 Å². The van der Waals surface area contributed by atoms with Crippen LogP contribution in [0.2, 0.25) is 0 Å². The molecule has 0 aliphatic carbocycles. The molecule has 1 aromatic heterocycles. The summed E-state index contributed by atoms with van der Waals surface area (Å²) in [5, 5.41) is 9.72. The molecule has 0 unspecified atom stereocenters. The number of carboxylic acid groups (broad SMARTS) is 1. The van der Waals surface area contributed by atoms with Gasteiger partial charge in [0.2, 0.25) is 0 Å². The van der Waals surface area contributed by atoms with Gasteiger partial charge in [-0.25, -0.2) is 9.78 Å². The maximum atomic E-state index is 10.9. The van der Waals surface area contributed by atoms with Crippen molar-refractivity contribution in [1.29, 1.82) is 0 Å². The van der Waals surface area contributed by atoms with Gasteiger partial charge in [-0.1, -0.05) is 31.2 Å². The molecular weight excluding hydrogens is 234 g/mol. The molecule has 88 valence electrons. The first-order valence-electron chi connectivity index (χ1n) is 5.42. The van der Waals surface area contributed by atoms with Crippen molar-refractivity contribution in [3.63, 3.8) is 0 Å². The average Bonchev–Trinajstić information content (AvgIpc) is 2.71. The largest absolute Gasteiger partial charge is 0.476 e. The molecule has 2 rings (SSSR count). The number of nitrogens with zero attached hydrogens (tertiary/aromatic N) is 1. The van der Waals surface area contributed by atoms with Crippen molar-refractivity contribution in [3.8, 4) is 10.6 Å². The van der Waals surface area contributed by atoms with Gasteiger partial charge in [0, 0.05) is 10.4 Å². The number of hydrogen-bond acceptors (Lipinski definition) is 3. The molecule has 0 saturated heterocycles. The van der Waals surface area contributed by atoms with Crippen molar-refractivity contribution in [2.24, 2.45) is 0 Å². The van der Waals surface area contributed by atoms with Gasteiger partial charge in [0.1, 0.15) is 5.01 Å². The molecule has 0 bridgehead atoms. The van der Waals surface area contributed by atoms with E-state index in [1.807, 2.05) is 24.3 Å². The monoisotopic (exact) mass is 247 g/mol. The fraction of sp³-hybridized carbons (Fsp3) is 0.231. The number of carboxylic acids is 1. The van der Waals surface area contributed by atoms with E-state index in [0.29, 0.717) is 0 Å². The molecule has 0 atom stereocenters. The van der Waals surface area contributed by atoms with Gasteiger partial charge in [-0.15, -0.1) is 11.3 Å². The van der Waals surface area contributed by atoms with Gasteiger partial charge in [0.15, 0.2) is 5.69 Å². The van der Waals surface area contributed by atoms with Crippen LogP contribution < -0.4 is 0 Å². The summed E-state index contributed by atoms with van der Waals surface area (Å²) in [6.45, 7) is 3.89. The molecule has 1 N–H and O–H groups in total.